The second kappa shape index (κ2) is 11.1. The number of hydrogen-bond donors (Lipinski definition) is 0. The van der Waals surface area contributed by atoms with Crippen LogP contribution in [0.25, 0.3) is 44.1 Å². The lowest BCUT2D eigenvalue weighted by molar-refractivity contribution is -0.128. The standard InChI is InChI=1S/C28H24N2O2.C3H6O2/c1-28(2,3)32-27(31)30-16-8-14-25(30)21-17-20-11-7-15-29-26(20)24(18-21)23-13-6-10-19-9-4-5-12-22(19)23;1-2-5-3-4/h4-18H,1-3H3;3H,2H2,1H3. The second-order valence-electron chi connectivity index (χ2n) is 9.42. The molecule has 2 aromatic heterocycles. The molecule has 3 aromatic carbocycles. The van der Waals surface area contributed by atoms with Crippen molar-refractivity contribution in [1.82, 2.24) is 9.55 Å². The number of pyridine rings is 1. The molecule has 0 unspecified atom stereocenters. The highest BCUT2D eigenvalue weighted by molar-refractivity contribution is 6.05. The van der Waals surface area contributed by atoms with Crippen molar-refractivity contribution in [3.63, 3.8) is 0 Å². The molecule has 0 bridgehead atoms. The molecule has 0 aliphatic carbocycles. The van der Waals surface area contributed by atoms with Crippen molar-refractivity contribution in [2.24, 2.45) is 0 Å². The van der Waals surface area contributed by atoms with Crippen molar-refractivity contribution in [3.05, 3.63) is 91.3 Å². The maximum atomic E-state index is 12.8. The average Bonchev–Trinajstić information content (AvgIpc) is 3.38. The summed E-state index contributed by atoms with van der Waals surface area (Å²) >= 11 is 0. The van der Waals surface area contributed by atoms with Gasteiger partial charge in [-0.2, -0.15) is 0 Å². The molecule has 0 aliphatic heterocycles. The Morgan fingerprint density at radius 3 is 2.41 bits per heavy atom. The van der Waals surface area contributed by atoms with Crippen molar-refractivity contribution in [3.8, 4) is 22.4 Å². The van der Waals surface area contributed by atoms with Gasteiger partial charge in [0, 0.05) is 28.9 Å². The Hall–Kier alpha value is -4.45. The molecule has 0 N–H and O–H groups in total. The first kappa shape index (κ1) is 25.6. The van der Waals surface area contributed by atoms with E-state index in [2.05, 4.69) is 59.3 Å². The minimum absolute atomic E-state index is 0.393. The number of carbonyl (C=O) groups excluding carboxylic acids is 2. The lowest BCUT2D eigenvalue weighted by atomic mass is 9.94. The summed E-state index contributed by atoms with van der Waals surface area (Å²) in [5.74, 6) is 0. The molecule has 0 saturated carbocycles. The zero-order valence-electron chi connectivity index (χ0n) is 21.5. The largest absolute Gasteiger partial charge is 0.468 e. The molecule has 0 aliphatic rings. The Morgan fingerprint density at radius 1 is 0.919 bits per heavy atom. The summed E-state index contributed by atoms with van der Waals surface area (Å²) in [6.45, 7) is 8.27. The van der Waals surface area contributed by atoms with E-state index in [1.54, 1.807) is 17.7 Å². The normalized spacial score (nSPS) is 11.0. The average molecular weight is 495 g/mol. The number of benzene rings is 3. The van der Waals surface area contributed by atoms with Gasteiger partial charge in [-0.3, -0.25) is 14.3 Å². The van der Waals surface area contributed by atoms with Gasteiger partial charge in [0.2, 0.25) is 0 Å². The number of ether oxygens (including phenoxy) is 2. The molecule has 37 heavy (non-hydrogen) atoms. The second-order valence-corrected chi connectivity index (χ2v) is 9.42. The number of hydrogen-bond acceptors (Lipinski definition) is 5. The van der Waals surface area contributed by atoms with Crippen LogP contribution >= 0.6 is 0 Å². The Balaban J connectivity index is 0.000000586. The predicted octanol–water partition coefficient (Wildman–Crippen LogP) is 7.49. The van der Waals surface area contributed by atoms with Gasteiger partial charge in [-0.15, -0.1) is 0 Å². The fourth-order valence-electron chi connectivity index (χ4n) is 4.16. The molecule has 0 atom stereocenters. The third-order valence-electron chi connectivity index (χ3n) is 5.65. The SMILES string of the molecule is CC(C)(C)OC(=O)n1cccc1-c1cc(-c2cccc3ccccc23)c2ncccc2c1.CCOC=O. The predicted molar refractivity (Wildman–Crippen MR) is 147 cm³/mol. The van der Waals surface area contributed by atoms with Crippen molar-refractivity contribution in [2.75, 3.05) is 6.61 Å². The van der Waals surface area contributed by atoms with Gasteiger partial charge in [-0.1, -0.05) is 48.5 Å². The van der Waals surface area contributed by atoms with E-state index in [0.29, 0.717) is 13.1 Å². The molecule has 5 aromatic rings. The van der Waals surface area contributed by atoms with Gasteiger partial charge in [0.1, 0.15) is 5.60 Å². The quantitative estimate of drug-likeness (QED) is 0.242. The summed E-state index contributed by atoms with van der Waals surface area (Å²) in [6.07, 6.45) is 3.17. The molecular formula is C31H30N2O4. The maximum Gasteiger partial charge on any atom is 0.418 e. The Labute approximate surface area is 216 Å². The molecule has 188 valence electrons. The van der Waals surface area contributed by atoms with E-state index in [9.17, 15) is 9.59 Å². The van der Waals surface area contributed by atoms with Crippen LogP contribution in [-0.4, -0.2) is 34.3 Å². The van der Waals surface area contributed by atoms with Crippen molar-refractivity contribution in [2.45, 2.75) is 33.3 Å². The molecular weight excluding hydrogens is 464 g/mol. The van der Waals surface area contributed by atoms with Crippen molar-refractivity contribution < 1.29 is 19.1 Å². The molecule has 6 nitrogen and oxygen atoms in total. The first-order valence-electron chi connectivity index (χ1n) is 12.2. The van der Waals surface area contributed by atoms with Crippen LogP contribution in [-0.2, 0) is 14.3 Å². The number of carbonyl (C=O) groups is 2. The Morgan fingerprint density at radius 2 is 1.68 bits per heavy atom. The van der Waals surface area contributed by atoms with Crippen LogP contribution in [0.2, 0.25) is 0 Å². The first-order valence-corrected chi connectivity index (χ1v) is 12.2. The fraction of sp³-hybridized carbons (Fsp3) is 0.194. The minimum Gasteiger partial charge on any atom is -0.468 e. The maximum absolute atomic E-state index is 12.8. The lowest BCUT2D eigenvalue weighted by Gasteiger charge is -2.20. The highest BCUT2D eigenvalue weighted by atomic mass is 16.6. The van der Waals surface area contributed by atoms with E-state index in [1.165, 1.54) is 10.8 Å². The topological polar surface area (TPSA) is 70.4 Å². The van der Waals surface area contributed by atoms with Crippen LogP contribution in [0.15, 0.2) is 91.3 Å². The van der Waals surface area contributed by atoms with Crippen LogP contribution in [0, 0.1) is 0 Å². The first-order chi connectivity index (χ1) is 17.8. The number of rotatable bonds is 4. The van der Waals surface area contributed by atoms with Crippen LogP contribution in [0.5, 0.6) is 0 Å². The molecule has 6 heteroatoms. The zero-order chi connectivity index (χ0) is 26.4. The molecule has 2 heterocycles. The van der Waals surface area contributed by atoms with Gasteiger partial charge in [-0.25, -0.2) is 4.79 Å². The Kier molecular flexibility index (Phi) is 7.68. The molecule has 0 spiro atoms. The minimum atomic E-state index is -0.569. The molecule has 0 fully saturated rings. The zero-order valence-corrected chi connectivity index (χ0v) is 21.5. The summed E-state index contributed by atoms with van der Waals surface area (Å²) in [6, 6.07) is 26.7. The van der Waals surface area contributed by atoms with Gasteiger partial charge in [0.05, 0.1) is 17.8 Å². The van der Waals surface area contributed by atoms with E-state index >= 15 is 0 Å². The van der Waals surface area contributed by atoms with Gasteiger partial charge in [0.25, 0.3) is 6.47 Å². The van der Waals surface area contributed by atoms with Crippen LogP contribution < -0.4 is 0 Å². The van der Waals surface area contributed by atoms with Crippen molar-refractivity contribution in [1.29, 1.82) is 0 Å². The van der Waals surface area contributed by atoms with E-state index in [1.807, 2.05) is 51.2 Å². The molecule has 0 saturated heterocycles. The molecule has 5 rings (SSSR count). The monoisotopic (exact) mass is 494 g/mol. The summed E-state index contributed by atoms with van der Waals surface area (Å²) in [5.41, 5.74) is 4.23. The van der Waals surface area contributed by atoms with E-state index in [0.717, 1.165) is 33.3 Å². The molecule has 0 amide bonds. The van der Waals surface area contributed by atoms with Crippen LogP contribution in [0.1, 0.15) is 27.7 Å². The number of nitrogens with zero attached hydrogens (tertiary/aromatic N) is 2. The molecule has 0 radical (unpaired) electrons. The fourth-order valence-corrected chi connectivity index (χ4v) is 4.16. The third kappa shape index (κ3) is 5.86. The number of fused-ring (bicyclic) bond motifs is 2. The van der Waals surface area contributed by atoms with Gasteiger partial charge >= 0.3 is 6.09 Å². The van der Waals surface area contributed by atoms with Gasteiger partial charge in [-0.05, 0) is 74.4 Å². The summed E-state index contributed by atoms with van der Waals surface area (Å²) in [5, 5.41) is 3.36. The van der Waals surface area contributed by atoms with Gasteiger partial charge in [0.15, 0.2) is 0 Å². The lowest BCUT2D eigenvalue weighted by Crippen LogP contribution is -2.27. The summed E-state index contributed by atoms with van der Waals surface area (Å²) in [7, 11) is 0. The van der Waals surface area contributed by atoms with E-state index < -0.39 is 11.7 Å². The van der Waals surface area contributed by atoms with Crippen LogP contribution in [0.3, 0.4) is 0 Å². The highest BCUT2D eigenvalue weighted by Crippen LogP contribution is 2.36. The van der Waals surface area contributed by atoms with E-state index in [4.69, 9.17) is 9.72 Å². The number of aromatic nitrogens is 2. The highest BCUT2D eigenvalue weighted by Gasteiger charge is 2.21. The smallest absolute Gasteiger partial charge is 0.418 e. The summed E-state index contributed by atoms with van der Waals surface area (Å²) in [4.78, 5) is 26.7. The third-order valence-corrected chi connectivity index (χ3v) is 5.65. The van der Waals surface area contributed by atoms with Gasteiger partial charge < -0.3 is 9.47 Å². The van der Waals surface area contributed by atoms with Crippen molar-refractivity contribution >= 4 is 34.2 Å². The Bertz CT molecular complexity index is 1540. The van der Waals surface area contributed by atoms with Crippen LogP contribution in [0.4, 0.5) is 4.79 Å². The summed E-state index contributed by atoms with van der Waals surface area (Å²) < 4.78 is 11.3. The van der Waals surface area contributed by atoms with E-state index in [-0.39, 0.29) is 0 Å².